The number of fused-ring (bicyclic) bond motifs is 1. The van der Waals surface area contributed by atoms with E-state index >= 15 is 0 Å². The van der Waals surface area contributed by atoms with Crippen molar-refractivity contribution in [2.45, 2.75) is 25.3 Å². The number of rotatable bonds is 4. The van der Waals surface area contributed by atoms with Gasteiger partial charge in [0.15, 0.2) is 18.2 Å². The van der Waals surface area contributed by atoms with Crippen LogP contribution in [0.3, 0.4) is 0 Å². The number of nitrogens with one attached hydrogen (secondary N) is 1. The second-order valence-corrected chi connectivity index (χ2v) is 5.83. The summed E-state index contributed by atoms with van der Waals surface area (Å²) in [6, 6.07) is 8.52. The number of benzene rings is 2. The van der Waals surface area contributed by atoms with Gasteiger partial charge in [0.25, 0.3) is 5.91 Å². The quantitative estimate of drug-likeness (QED) is 0.846. The molecule has 0 fully saturated rings. The minimum absolute atomic E-state index is 0.108. The van der Waals surface area contributed by atoms with Gasteiger partial charge in [-0.2, -0.15) is 0 Å². The Morgan fingerprint density at radius 3 is 2.88 bits per heavy atom. The predicted octanol–water partition coefficient (Wildman–Crippen LogP) is 3.12. The topological polar surface area (TPSA) is 64.3 Å². The summed E-state index contributed by atoms with van der Waals surface area (Å²) in [6.45, 7) is -0.330. The third-order valence-electron chi connectivity index (χ3n) is 4.07. The number of ether oxygens (including phenoxy) is 1. The van der Waals surface area contributed by atoms with Gasteiger partial charge in [-0.3, -0.25) is 4.79 Å². The highest BCUT2D eigenvalue weighted by molar-refractivity contribution is 5.78. The average Bonchev–Trinajstić information content (AvgIpc) is 2.54. The number of carbonyl (C=O) groups is 1. The second kappa shape index (κ2) is 6.86. The van der Waals surface area contributed by atoms with E-state index in [9.17, 15) is 13.6 Å². The SMILES string of the molecule is Nc1ccc2c(c1)CCCC2NC(=O)COc1ccc(F)cc1F. The number of carbonyl (C=O) groups excluding carboxylic acids is 1. The van der Waals surface area contributed by atoms with Crippen LogP contribution in [0.4, 0.5) is 14.5 Å². The number of amides is 1. The van der Waals surface area contributed by atoms with Crippen LogP contribution in [-0.4, -0.2) is 12.5 Å². The zero-order valence-corrected chi connectivity index (χ0v) is 13.0. The van der Waals surface area contributed by atoms with Crippen LogP contribution in [0.5, 0.6) is 5.75 Å². The Morgan fingerprint density at radius 1 is 1.25 bits per heavy atom. The van der Waals surface area contributed by atoms with E-state index in [1.165, 1.54) is 0 Å². The minimum Gasteiger partial charge on any atom is -0.481 e. The number of hydrogen-bond acceptors (Lipinski definition) is 3. The molecule has 1 aliphatic carbocycles. The predicted molar refractivity (Wildman–Crippen MR) is 86.5 cm³/mol. The summed E-state index contributed by atoms with van der Waals surface area (Å²) in [5.41, 5.74) is 8.69. The van der Waals surface area contributed by atoms with E-state index in [1.807, 2.05) is 18.2 Å². The van der Waals surface area contributed by atoms with Crippen molar-refractivity contribution in [3.8, 4) is 5.75 Å². The second-order valence-electron chi connectivity index (χ2n) is 5.83. The summed E-state index contributed by atoms with van der Waals surface area (Å²) in [5, 5.41) is 2.89. The average molecular weight is 332 g/mol. The van der Waals surface area contributed by atoms with Crippen LogP contribution < -0.4 is 15.8 Å². The van der Waals surface area contributed by atoms with Crippen LogP contribution in [0.2, 0.25) is 0 Å². The van der Waals surface area contributed by atoms with Crippen molar-refractivity contribution < 1.29 is 18.3 Å². The van der Waals surface area contributed by atoms with E-state index in [0.29, 0.717) is 5.69 Å². The Morgan fingerprint density at radius 2 is 2.08 bits per heavy atom. The Balaban J connectivity index is 1.62. The van der Waals surface area contributed by atoms with Gasteiger partial charge >= 0.3 is 0 Å². The van der Waals surface area contributed by atoms with Gasteiger partial charge in [0, 0.05) is 11.8 Å². The fourth-order valence-electron chi connectivity index (χ4n) is 2.96. The summed E-state index contributed by atoms with van der Waals surface area (Å²) >= 11 is 0. The highest BCUT2D eigenvalue weighted by Crippen LogP contribution is 2.30. The first-order chi connectivity index (χ1) is 11.5. The molecule has 0 bridgehead atoms. The van der Waals surface area contributed by atoms with E-state index in [-0.39, 0.29) is 24.3 Å². The fraction of sp³-hybridized carbons (Fsp3) is 0.278. The molecule has 3 rings (SSSR count). The molecule has 0 saturated heterocycles. The molecule has 126 valence electrons. The Labute approximate surface area is 138 Å². The standard InChI is InChI=1S/C18H18F2N2O2/c19-12-4-7-17(15(20)9-12)24-10-18(23)22-16-3-1-2-11-8-13(21)5-6-14(11)16/h4-9,16H,1-3,10,21H2,(H,22,23). The molecule has 0 spiro atoms. The molecule has 2 aromatic carbocycles. The molecule has 0 aromatic heterocycles. The molecule has 6 heteroatoms. The lowest BCUT2D eigenvalue weighted by molar-refractivity contribution is -0.124. The van der Waals surface area contributed by atoms with E-state index in [0.717, 1.165) is 48.6 Å². The van der Waals surface area contributed by atoms with Crippen LogP contribution in [0, 0.1) is 11.6 Å². The Kier molecular flexibility index (Phi) is 4.64. The van der Waals surface area contributed by atoms with Gasteiger partial charge < -0.3 is 15.8 Å². The summed E-state index contributed by atoms with van der Waals surface area (Å²) in [7, 11) is 0. The minimum atomic E-state index is -0.832. The van der Waals surface area contributed by atoms with E-state index < -0.39 is 11.6 Å². The van der Waals surface area contributed by atoms with Crippen LogP contribution in [0.1, 0.15) is 30.0 Å². The number of nitrogens with two attached hydrogens (primary N) is 1. The van der Waals surface area contributed by atoms with Gasteiger partial charge in [0.05, 0.1) is 6.04 Å². The van der Waals surface area contributed by atoms with E-state index in [1.54, 1.807) is 0 Å². The van der Waals surface area contributed by atoms with Gasteiger partial charge in [-0.25, -0.2) is 8.78 Å². The van der Waals surface area contributed by atoms with Crippen LogP contribution in [0.15, 0.2) is 36.4 Å². The van der Waals surface area contributed by atoms with Gasteiger partial charge in [0.1, 0.15) is 5.82 Å². The molecule has 24 heavy (non-hydrogen) atoms. The zero-order valence-electron chi connectivity index (χ0n) is 13.0. The molecule has 0 aliphatic heterocycles. The maximum Gasteiger partial charge on any atom is 0.258 e. The number of aryl methyl sites for hydroxylation is 1. The molecule has 3 N–H and O–H groups in total. The molecule has 1 atom stereocenters. The molecule has 0 heterocycles. The lowest BCUT2D eigenvalue weighted by atomic mass is 9.87. The number of anilines is 1. The first-order valence-electron chi connectivity index (χ1n) is 7.78. The summed E-state index contributed by atoms with van der Waals surface area (Å²) in [4.78, 5) is 12.1. The lowest BCUT2D eigenvalue weighted by Crippen LogP contribution is -2.34. The highest BCUT2D eigenvalue weighted by Gasteiger charge is 2.22. The van der Waals surface area contributed by atoms with E-state index in [4.69, 9.17) is 10.5 Å². The third kappa shape index (κ3) is 3.64. The van der Waals surface area contributed by atoms with Gasteiger partial charge in [0.2, 0.25) is 0 Å². The number of halogens is 2. The Hall–Kier alpha value is -2.63. The summed E-state index contributed by atoms with van der Waals surface area (Å²) in [5.74, 6) is -2.03. The maximum atomic E-state index is 13.5. The monoisotopic (exact) mass is 332 g/mol. The molecule has 2 aromatic rings. The highest BCUT2D eigenvalue weighted by atomic mass is 19.1. The van der Waals surface area contributed by atoms with Crippen LogP contribution in [-0.2, 0) is 11.2 Å². The fourth-order valence-corrected chi connectivity index (χ4v) is 2.96. The van der Waals surface area contributed by atoms with Crippen molar-refractivity contribution in [3.63, 3.8) is 0 Å². The molecular weight excluding hydrogens is 314 g/mol. The smallest absolute Gasteiger partial charge is 0.258 e. The normalized spacial score (nSPS) is 16.3. The van der Waals surface area contributed by atoms with Gasteiger partial charge in [-0.1, -0.05) is 6.07 Å². The van der Waals surface area contributed by atoms with Crippen LogP contribution in [0.25, 0.3) is 0 Å². The largest absolute Gasteiger partial charge is 0.481 e. The van der Waals surface area contributed by atoms with Crippen LogP contribution >= 0.6 is 0 Å². The first-order valence-corrected chi connectivity index (χ1v) is 7.78. The number of nitrogen functional groups attached to an aromatic ring is 1. The van der Waals surface area contributed by atoms with E-state index in [2.05, 4.69) is 5.32 Å². The lowest BCUT2D eigenvalue weighted by Gasteiger charge is -2.26. The first kappa shape index (κ1) is 16.2. The molecule has 0 radical (unpaired) electrons. The maximum absolute atomic E-state index is 13.5. The van der Waals surface area contributed by atoms with Crippen molar-refractivity contribution in [2.75, 3.05) is 12.3 Å². The van der Waals surface area contributed by atoms with Crippen molar-refractivity contribution >= 4 is 11.6 Å². The molecule has 1 amide bonds. The summed E-state index contributed by atoms with van der Waals surface area (Å²) < 4.78 is 31.5. The Bertz CT molecular complexity index is 765. The van der Waals surface area contributed by atoms with Crippen molar-refractivity contribution in [2.24, 2.45) is 0 Å². The van der Waals surface area contributed by atoms with Crippen molar-refractivity contribution in [1.82, 2.24) is 5.32 Å². The van der Waals surface area contributed by atoms with Crippen molar-refractivity contribution in [1.29, 1.82) is 0 Å². The molecule has 4 nitrogen and oxygen atoms in total. The molecule has 0 saturated carbocycles. The number of hydrogen-bond donors (Lipinski definition) is 2. The molecule has 1 aliphatic rings. The molecule has 1 unspecified atom stereocenters. The third-order valence-corrected chi connectivity index (χ3v) is 4.07. The summed E-state index contributed by atoms with van der Waals surface area (Å²) in [6.07, 6.45) is 2.71. The molecular formula is C18H18F2N2O2. The van der Waals surface area contributed by atoms with Gasteiger partial charge in [-0.15, -0.1) is 0 Å². The van der Waals surface area contributed by atoms with Gasteiger partial charge in [-0.05, 0) is 54.7 Å². The zero-order chi connectivity index (χ0) is 17.1. The van der Waals surface area contributed by atoms with Crippen molar-refractivity contribution in [3.05, 3.63) is 59.2 Å².